The van der Waals surface area contributed by atoms with Crippen molar-refractivity contribution in [2.24, 2.45) is 17.8 Å². The van der Waals surface area contributed by atoms with E-state index in [2.05, 4.69) is 6.92 Å². The van der Waals surface area contributed by atoms with Gasteiger partial charge < -0.3 is 4.74 Å². The van der Waals surface area contributed by atoms with E-state index in [1.807, 2.05) is 0 Å². The fourth-order valence-corrected chi connectivity index (χ4v) is 3.30. The maximum atomic E-state index is 12.3. The maximum Gasteiger partial charge on any atom is 0.136 e. The fourth-order valence-electron chi connectivity index (χ4n) is 3.30. The molecular formula is C14H24O2. The Labute approximate surface area is 98.7 Å². The zero-order valence-corrected chi connectivity index (χ0v) is 10.4. The summed E-state index contributed by atoms with van der Waals surface area (Å²) in [6.07, 6.45) is 8.05. The van der Waals surface area contributed by atoms with Gasteiger partial charge in [-0.25, -0.2) is 0 Å². The van der Waals surface area contributed by atoms with Crippen LogP contribution in [0.3, 0.4) is 0 Å². The highest BCUT2D eigenvalue weighted by atomic mass is 16.5. The Balaban J connectivity index is 1.86. The lowest BCUT2D eigenvalue weighted by atomic mass is 9.74. The van der Waals surface area contributed by atoms with Crippen LogP contribution in [0.25, 0.3) is 0 Å². The van der Waals surface area contributed by atoms with Crippen LogP contribution in [-0.2, 0) is 9.53 Å². The second-order valence-corrected chi connectivity index (χ2v) is 5.46. The second kappa shape index (κ2) is 5.81. The largest absolute Gasteiger partial charge is 0.381 e. The van der Waals surface area contributed by atoms with Crippen LogP contribution in [0.15, 0.2) is 0 Å². The van der Waals surface area contributed by atoms with E-state index in [1.54, 1.807) is 0 Å². The average Bonchev–Trinajstić information content (AvgIpc) is 2.81. The number of carbonyl (C=O) groups excluding carboxylic acids is 1. The lowest BCUT2D eigenvalue weighted by Gasteiger charge is -2.30. The van der Waals surface area contributed by atoms with Gasteiger partial charge in [0.2, 0.25) is 0 Å². The highest BCUT2D eigenvalue weighted by Gasteiger charge is 2.31. The summed E-state index contributed by atoms with van der Waals surface area (Å²) < 4.78 is 5.35. The fraction of sp³-hybridized carbons (Fsp3) is 0.929. The Bertz CT molecular complexity index is 231. The smallest absolute Gasteiger partial charge is 0.136 e. The first kappa shape index (κ1) is 12.1. The Morgan fingerprint density at radius 2 is 2.06 bits per heavy atom. The van der Waals surface area contributed by atoms with Gasteiger partial charge >= 0.3 is 0 Å². The van der Waals surface area contributed by atoms with Crippen molar-refractivity contribution < 1.29 is 9.53 Å². The Morgan fingerprint density at radius 1 is 1.25 bits per heavy atom. The van der Waals surface area contributed by atoms with E-state index < -0.39 is 0 Å². The third kappa shape index (κ3) is 2.85. The normalized spacial score (nSPS) is 35.2. The molecule has 1 heterocycles. The molecule has 0 aromatic heterocycles. The molecule has 0 bridgehead atoms. The zero-order valence-electron chi connectivity index (χ0n) is 10.4. The summed E-state index contributed by atoms with van der Waals surface area (Å²) in [7, 11) is 0. The molecule has 1 saturated carbocycles. The van der Waals surface area contributed by atoms with Crippen molar-refractivity contribution in [2.75, 3.05) is 13.2 Å². The summed E-state index contributed by atoms with van der Waals surface area (Å²) in [5.41, 5.74) is 0. The highest BCUT2D eigenvalue weighted by molar-refractivity contribution is 5.81. The van der Waals surface area contributed by atoms with Crippen molar-refractivity contribution in [2.45, 2.75) is 51.9 Å². The van der Waals surface area contributed by atoms with Gasteiger partial charge in [0.15, 0.2) is 0 Å². The molecule has 0 amide bonds. The minimum absolute atomic E-state index is 0.374. The third-order valence-corrected chi connectivity index (χ3v) is 4.36. The first-order valence-electron chi connectivity index (χ1n) is 6.91. The molecule has 3 unspecified atom stereocenters. The first-order valence-corrected chi connectivity index (χ1v) is 6.91. The standard InChI is InChI=1S/C14H24O2/c1-2-12-5-3-4-6-13(12)14(15)9-11-7-8-16-10-11/h11-13H,2-10H2,1H3. The van der Waals surface area contributed by atoms with Gasteiger partial charge in [-0.15, -0.1) is 0 Å². The first-order chi connectivity index (χ1) is 7.81. The van der Waals surface area contributed by atoms with Gasteiger partial charge in [-0.05, 0) is 31.1 Å². The number of Topliss-reactive ketones (excluding diaryl/α,β-unsaturated/α-hetero) is 1. The van der Waals surface area contributed by atoms with Crippen molar-refractivity contribution in [1.82, 2.24) is 0 Å². The lowest BCUT2D eigenvalue weighted by Crippen LogP contribution is -2.28. The molecule has 2 nitrogen and oxygen atoms in total. The Kier molecular flexibility index (Phi) is 4.39. The minimum atomic E-state index is 0.374. The number of ketones is 1. The van der Waals surface area contributed by atoms with Gasteiger partial charge in [-0.1, -0.05) is 26.2 Å². The molecule has 1 aliphatic heterocycles. The molecular weight excluding hydrogens is 200 g/mol. The summed E-state index contributed by atoms with van der Waals surface area (Å²) in [6, 6.07) is 0. The van der Waals surface area contributed by atoms with Gasteiger partial charge in [-0.2, -0.15) is 0 Å². The van der Waals surface area contributed by atoms with E-state index in [1.165, 1.54) is 25.7 Å². The van der Waals surface area contributed by atoms with Crippen molar-refractivity contribution >= 4 is 5.78 Å². The number of carbonyl (C=O) groups is 1. The van der Waals surface area contributed by atoms with Crippen LogP contribution in [0.4, 0.5) is 0 Å². The monoisotopic (exact) mass is 224 g/mol. The quantitative estimate of drug-likeness (QED) is 0.733. The Morgan fingerprint density at radius 3 is 2.75 bits per heavy atom. The molecule has 2 fully saturated rings. The molecule has 0 N–H and O–H groups in total. The van der Waals surface area contributed by atoms with Gasteiger partial charge in [-0.3, -0.25) is 4.79 Å². The molecule has 92 valence electrons. The minimum Gasteiger partial charge on any atom is -0.381 e. The predicted molar refractivity (Wildman–Crippen MR) is 64.3 cm³/mol. The third-order valence-electron chi connectivity index (χ3n) is 4.36. The summed E-state index contributed by atoms with van der Waals surface area (Å²) in [5.74, 6) is 2.09. The topological polar surface area (TPSA) is 26.3 Å². The van der Waals surface area contributed by atoms with Crippen LogP contribution >= 0.6 is 0 Å². The van der Waals surface area contributed by atoms with E-state index in [0.717, 1.165) is 32.5 Å². The summed E-state index contributed by atoms with van der Waals surface area (Å²) in [5, 5.41) is 0. The molecule has 2 rings (SSSR count). The van der Waals surface area contributed by atoms with Crippen molar-refractivity contribution in [3.05, 3.63) is 0 Å². The van der Waals surface area contributed by atoms with E-state index in [-0.39, 0.29) is 0 Å². The number of ether oxygens (including phenoxy) is 1. The van der Waals surface area contributed by atoms with Gasteiger partial charge in [0.05, 0.1) is 0 Å². The predicted octanol–water partition coefficient (Wildman–Crippen LogP) is 3.20. The van der Waals surface area contributed by atoms with Crippen LogP contribution in [0.2, 0.25) is 0 Å². The molecule has 0 aromatic carbocycles. The van der Waals surface area contributed by atoms with E-state index in [9.17, 15) is 4.79 Å². The van der Waals surface area contributed by atoms with Gasteiger partial charge in [0, 0.05) is 25.6 Å². The summed E-state index contributed by atoms with van der Waals surface area (Å²) in [6.45, 7) is 3.91. The van der Waals surface area contributed by atoms with E-state index in [4.69, 9.17) is 4.74 Å². The summed E-state index contributed by atoms with van der Waals surface area (Å²) >= 11 is 0. The molecule has 0 aromatic rings. The molecule has 1 aliphatic carbocycles. The average molecular weight is 224 g/mol. The lowest BCUT2D eigenvalue weighted by molar-refractivity contribution is -0.126. The molecule has 3 atom stereocenters. The summed E-state index contributed by atoms with van der Waals surface area (Å²) in [4.78, 5) is 12.3. The van der Waals surface area contributed by atoms with Gasteiger partial charge in [0.1, 0.15) is 5.78 Å². The van der Waals surface area contributed by atoms with Crippen LogP contribution in [0, 0.1) is 17.8 Å². The van der Waals surface area contributed by atoms with Crippen LogP contribution in [0.1, 0.15) is 51.9 Å². The number of rotatable bonds is 4. The van der Waals surface area contributed by atoms with Crippen LogP contribution in [-0.4, -0.2) is 19.0 Å². The number of hydrogen-bond donors (Lipinski definition) is 0. The van der Waals surface area contributed by atoms with Gasteiger partial charge in [0.25, 0.3) is 0 Å². The van der Waals surface area contributed by atoms with Crippen LogP contribution < -0.4 is 0 Å². The van der Waals surface area contributed by atoms with Crippen molar-refractivity contribution in [3.63, 3.8) is 0 Å². The van der Waals surface area contributed by atoms with E-state index in [0.29, 0.717) is 23.5 Å². The molecule has 2 heteroatoms. The van der Waals surface area contributed by atoms with Crippen molar-refractivity contribution in [3.8, 4) is 0 Å². The zero-order chi connectivity index (χ0) is 11.4. The molecule has 1 saturated heterocycles. The Hall–Kier alpha value is -0.370. The SMILES string of the molecule is CCC1CCCCC1C(=O)CC1CCOC1. The molecule has 0 spiro atoms. The van der Waals surface area contributed by atoms with Crippen LogP contribution in [0.5, 0.6) is 0 Å². The van der Waals surface area contributed by atoms with Crippen molar-refractivity contribution in [1.29, 1.82) is 0 Å². The molecule has 0 radical (unpaired) electrons. The molecule has 16 heavy (non-hydrogen) atoms. The van der Waals surface area contributed by atoms with E-state index >= 15 is 0 Å². The maximum absolute atomic E-state index is 12.3. The molecule has 2 aliphatic rings. The second-order valence-electron chi connectivity index (χ2n) is 5.46. The highest BCUT2D eigenvalue weighted by Crippen LogP contribution is 2.34. The number of hydrogen-bond acceptors (Lipinski definition) is 2.